The molecule has 1 saturated carbocycles. The summed E-state index contributed by atoms with van der Waals surface area (Å²) in [6.45, 7) is 12.5. The van der Waals surface area contributed by atoms with Gasteiger partial charge < -0.3 is 14.5 Å². The molecule has 3 saturated heterocycles. The van der Waals surface area contributed by atoms with Gasteiger partial charge in [-0.2, -0.15) is 5.26 Å². The molecule has 5 amide bonds. The van der Waals surface area contributed by atoms with Gasteiger partial charge in [0.25, 0.3) is 17.7 Å². The average molecular weight is 814 g/mol. The number of imide groups is 2. The van der Waals surface area contributed by atoms with Crippen LogP contribution < -0.4 is 15.0 Å². The molecule has 1 N–H and O–H groups in total. The highest BCUT2D eigenvalue weighted by atomic mass is 35.5. The number of halogens is 1. The van der Waals surface area contributed by atoms with Crippen molar-refractivity contribution >= 4 is 46.8 Å². The van der Waals surface area contributed by atoms with Gasteiger partial charge in [0.05, 0.1) is 28.0 Å². The summed E-state index contributed by atoms with van der Waals surface area (Å²) in [6.07, 6.45) is 3.51. The Balaban J connectivity index is 0.777. The van der Waals surface area contributed by atoms with E-state index in [2.05, 4.69) is 71.8 Å². The Morgan fingerprint density at radius 3 is 2.34 bits per heavy atom. The first-order valence-corrected chi connectivity index (χ1v) is 20.6. The summed E-state index contributed by atoms with van der Waals surface area (Å²) >= 11 is 6.29. The van der Waals surface area contributed by atoms with Gasteiger partial charge in [0.2, 0.25) is 11.8 Å². The topological polar surface area (TPSA) is 156 Å². The van der Waals surface area contributed by atoms with Gasteiger partial charge in [0.1, 0.15) is 29.7 Å². The number of nitriles is 1. The number of hydrogen-bond acceptors (Lipinski definition) is 10. The van der Waals surface area contributed by atoms with Crippen molar-refractivity contribution in [2.24, 2.45) is 16.7 Å². The summed E-state index contributed by atoms with van der Waals surface area (Å²) in [4.78, 5) is 76.0. The van der Waals surface area contributed by atoms with Crippen LogP contribution >= 0.6 is 11.6 Å². The Morgan fingerprint density at radius 1 is 0.898 bits per heavy atom. The lowest BCUT2D eigenvalue weighted by Gasteiger charge is -2.65. The highest BCUT2D eigenvalue weighted by molar-refractivity contribution is 6.31. The fourth-order valence-electron chi connectivity index (χ4n) is 10.6. The number of fused-ring (bicyclic) bond motifs is 2. The van der Waals surface area contributed by atoms with Crippen LogP contribution in [0.4, 0.5) is 5.69 Å². The van der Waals surface area contributed by atoms with Gasteiger partial charge in [-0.15, -0.1) is 0 Å². The molecular weight excluding hydrogens is 770 g/mol. The number of hydrogen-bond donors (Lipinski definition) is 1. The van der Waals surface area contributed by atoms with Crippen molar-refractivity contribution in [3.05, 3.63) is 87.2 Å². The summed E-state index contributed by atoms with van der Waals surface area (Å²) in [7, 11) is 0. The minimum absolute atomic E-state index is 0.0277. The van der Waals surface area contributed by atoms with E-state index < -0.39 is 29.7 Å². The zero-order chi connectivity index (χ0) is 41.5. The van der Waals surface area contributed by atoms with Gasteiger partial charge in [0, 0.05) is 72.1 Å². The van der Waals surface area contributed by atoms with Gasteiger partial charge in [-0.25, -0.2) is 4.98 Å². The largest absolute Gasteiger partial charge is 0.489 e. The number of aromatic nitrogens is 1. The summed E-state index contributed by atoms with van der Waals surface area (Å²) in [6, 6.07) is 14.1. The fourth-order valence-corrected chi connectivity index (χ4v) is 10.9. The first kappa shape index (κ1) is 38.7. The molecule has 0 bridgehead atoms. The molecule has 1 aromatic heterocycles. The van der Waals surface area contributed by atoms with Crippen molar-refractivity contribution in [3.63, 3.8) is 0 Å². The molecule has 0 spiro atoms. The third-order valence-electron chi connectivity index (χ3n) is 13.3. The predicted octanol–water partition coefficient (Wildman–Crippen LogP) is 4.80. The lowest BCUT2D eigenvalue weighted by atomic mass is 9.49. The summed E-state index contributed by atoms with van der Waals surface area (Å²) in [5.74, 6) is 5.61. The average Bonchev–Trinajstić information content (AvgIpc) is 3.62. The van der Waals surface area contributed by atoms with E-state index in [9.17, 15) is 29.2 Å². The maximum Gasteiger partial charge on any atom is 0.280 e. The number of anilines is 1. The minimum atomic E-state index is -1.02. The van der Waals surface area contributed by atoms with Crippen LogP contribution in [0.15, 0.2) is 48.7 Å². The monoisotopic (exact) mass is 813 g/mol. The number of pyridine rings is 1. The van der Waals surface area contributed by atoms with Crippen molar-refractivity contribution in [2.45, 2.75) is 84.2 Å². The SMILES string of the molecule is CC1(C)[C@H](Oc2ccc(C#N)c(Cl)c2)C(C)(C)[C@H]1N1Cc2cc(C#CC3CCN(C4CN(c5cnc6c(c5)C(=O)N(C5CCC(=O)NC5=O)C6=O)C4)CC3)ccc2C1=O. The maximum atomic E-state index is 13.8. The number of nitrogens with zero attached hydrogens (tertiary/aromatic N) is 6. The van der Waals surface area contributed by atoms with Crippen molar-refractivity contribution in [1.82, 2.24) is 25.0 Å². The van der Waals surface area contributed by atoms with Crippen molar-refractivity contribution in [3.8, 4) is 23.7 Å². The minimum Gasteiger partial charge on any atom is -0.489 e. The summed E-state index contributed by atoms with van der Waals surface area (Å²) in [5.41, 5.74) is 3.30. The predicted molar refractivity (Wildman–Crippen MR) is 216 cm³/mol. The van der Waals surface area contributed by atoms with Gasteiger partial charge in [0.15, 0.2) is 0 Å². The smallest absolute Gasteiger partial charge is 0.280 e. The number of carbonyl (C=O) groups excluding carboxylic acids is 5. The van der Waals surface area contributed by atoms with Gasteiger partial charge in [-0.1, -0.05) is 51.1 Å². The number of piperidine rings is 2. The Labute approximate surface area is 347 Å². The second-order valence-electron chi connectivity index (χ2n) is 17.8. The highest BCUT2D eigenvalue weighted by Crippen LogP contribution is 2.59. The molecule has 0 radical (unpaired) electrons. The normalized spacial score (nSPS) is 25.1. The van der Waals surface area contributed by atoms with Crippen molar-refractivity contribution < 1.29 is 28.7 Å². The quantitative estimate of drug-likeness (QED) is 0.271. The zero-order valence-corrected chi connectivity index (χ0v) is 34.1. The molecule has 14 heteroatoms. The highest BCUT2D eigenvalue weighted by Gasteiger charge is 2.67. The Morgan fingerprint density at radius 2 is 1.64 bits per heavy atom. The standard InChI is InChI=1S/C45H44ClN7O6/c1-44(2)42(45(3,4)43(44)59-31-9-8-27(20-47)34(46)19-31)52-22-28-17-26(7-10-32(28)39(52)56)6-5-25-13-15-50(16-14-25)30-23-51(24-30)29-18-33-37(48-21-29)41(58)53(40(33)57)35-11-12-36(54)49-38(35)55/h7-10,17-19,21,25,30,35,42-43H,11-16,22-24H2,1-4H3,(H,49,54,55)/t35?,42-,43-. The molecule has 2 aromatic carbocycles. The van der Waals surface area contributed by atoms with Crippen LogP contribution in [0.1, 0.15) is 101 Å². The lowest BCUT2D eigenvalue weighted by Crippen LogP contribution is -2.74. The van der Waals surface area contributed by atoms with E-state index in [0.717, 1.165) is 66.3 Å². The first-order chi connectivity index (χ1) is 28.1. The van der Waals surface area contributed by atoms with Crippen LogP contribution in [-0.4, -0.2) is 99.6 Å². The second kappa shape index (κ2) is 14.2. The van der Waals surface area contributed by atoms with Crippen molar-refractivity contribution in [2.75, 3.05) is 31.1 Å². The number of rotatable bonds is 6. The molecule has 3 aromatic rings. The van der Waals surface area contributed by atoms with E-state index in [1.807, 2.05) is 17.0 Å². The molecule has 59 heavy (non-hydrogen) atoms. The molecule has 6 aliphatic rings. The molecule has 5 aliphatic heterocycles. The van der Waals surface area contributed by atoms with E-state index in [0.29, 0.717) is 28.9 Å². The molecule has 1 aliphatic carbocycles. The van der Waals surface area contributed by atoms with Crippen LogP contribution in [0.25, 0.3) is 0 Å². The Bertz CT molecular complexity index is 2440. The molecule has 1 unspecified atom stereocenters. The number of carbonyl (C=O) groups is 5. The number of ether oxygens (including phenoxy) is 1. The first-order valence-electron chi connectivity index (χ1n) is 20.2. The Hall–Kier alpha value is -5.76. The van der Waals surface area contributed by atoms with E-state index in [-0.39, 0.29) is 58.9 Å². The van der Waals surface area contributed by atoms with Crippen LogP contribution in [0.2, 0.25) is 5.02 Å². The third-order valence-corrected chi connectivity index (χ3v) is 13.6. The van der Waals surface area contributed by atoms with Gasteiger partial charge in [-0.05, 0) is 74.3 Å². The molecule has 4 fully saturated rings. The van der Waals surface area contributed by atoms with Crippen LogP contribution in [0, 0.1) is 39.9 Å². The van der Waals surface area contributed by atoms with E-state index in [1.54, 1.807) is 30.5 Å². The number of amides is 5. The molecular formula is C45H44ClN7O6. The summed E-state index contributed by atoms with van der Waals surface area (Å²) < 4.78 is 6.47. The molecule has 6 heterocycles. The van der Waals surface area contributed by atoms with E-state index in [1.165, 1.54) is 0 Å². The maximum absolute atomic E-state index is 13.8. The van der Waals surface area contributed by atoms with Gasteiger partial charge >= 0.3 is 0 Å². The summed E-state index contributed by atoms with van der Waals surface area (Å²) in [5, 5.41) is 11.8. The molecule has 302 valence electrons. The zero-order valence-electron chi connectivity index (χ0n) is 33.4. The van der Waals surface area contributed by atoms with Crippen LogP contribution in [0.5, 0.6) is 5.75 Å². The Kier molecular flexibility index (Phi) is 9.33. The van der Waals surface area contributed by atoms with Gasteiger partial charge in [-0.3, -0.25) is 39.1 Å². The van der Waals surface area contributed by atoms with Crippen LogP contribution in [0.3, 0.4) is 0 Å². The molecule has 1 atom stereocenters. The van der Waals surface area contributed by atoms with E-state index >= 15 is 0 Å². The fraction of sp³-hybridized carbons (Fsp3) is 0.444. The third kappa shape index (κ3) is 6.43. The second-order valence-corrected chi connectivity index (χ2v) is 18.2. The molecule has 9 rings (SSSR count). The van der Waals surface area contributed by atoms with Crippen molar-refractivity contribution in [1.29, 1.82) is 5.26 Å². The van der Waals surface area contributed by atoms with Crippen LogP contribution in [-0.2, 0) is 16.1 Å². The number of benzene rings is 2. The number of likely N-dealkylation sites (tertiary alicyclic amines) is 1. The van der Waals surface area contributed by atoms with E-state index in [4.69, 9.17) is 16.3 Å². The lowest BCUT2D eigenvalue weighted by molar-refractivity contribution is -0.199. The molecule has 13 nitrogen and oxygen atoms in total. The number of nitrogens with one attached hydrogen (secondary N) is 1.